The molecule has 23 heavy (non-hydrogen) atoms. The maximum atomic E-state index is 12.4. The summed E-state index contributed by atoms with van der Waals surface area (Å²) in [5, 5.41) is 10.7. The van der Waals surface area contributed by atoms with Gasteiger partial charge in [0.1, 0.15) is 11.6 Å². The molecule has 6 nitrogen and oxygen atoms in total. The minimum atomic E-state index is -0.346. The molecule has 1 saturated carbocycles. The predicted molar refractivity (Wildman–Crippen MR) is 90.3 cm³/mol. The maximum absolute atomic E-state index is 12.4. The lowest BCUT2D eigenvalue weighted by atomic mass is 10.3. The van der Waals surface area contributed by atoms with E-state index in [-0.39, 0.29) is 11.2 Å². The highest BCUT2D eigenvalue weighted by Crippen LogP contribution is 2.38. The Hall–Kier alpha value is -1.73. The van der Waals surface area contributed by atoms with Crippen LogP contribution >= 0.6 is 23.4 Å². The topological polar surface area (TPSA) is 79.9 Å². The Bertz CT molecular complexity index is 717. The van der Waals surface area contributed by atoms with Gasteiger partial charge in [-0.05, 0) is 38.0 Å². The molecular weight excluding hydrogens is 336 g/mol. The fraction of sp³-hybridized carbons (Fsp3) is 0.400. The number of ether oxygens (including phenoxy) is 1. The van der Waals surface area contributed by atoms with E-state index in [1.54, 1.807) is 25.3 Å². The Morgan fingerprint density at radius 1 is 1.52 bits per heavy atom. The average molecular weight is 353 g/mol. The second-order valence-corrected chi connectivity index (χ2v) is 7.12. The molecule has 0 radical (unpaired) electrons. The van der Waals surface area contributed by atoms with Crippen molar-refractivity contribution in [1.82, 2.24) is 15.2 Å². The Kier molecular flexibility index (Phi) is 4.77. The summed E-state index contributed by atoms with van der Waals surface area (Å²) < 4.78 is 5.23. The van der Waals surface area contributed by atoms with E-state index in [0.717, 1.165) is 18.7 Å². The van der Waals surface area contributed by atoms with Gasteiger partial charge in [-0.2, -0.15) is 0 Å². The van der Waals surface area contributed by atoms with Crippen molar-refractivity contribution >= 4 is 35.0 Å². The molecule has 0 spiro atoms. The molecule has 0 bridgehead atoms. The minimum absolute atomic E-state index is 0.159. The molecule has 2 aromatic rings. The number of benzene rings is 1. The van der Waals surface area contributed by atoms with Crippen molar-refractivity contribution in [1.29, 1.82) is 0 Å². The van der Waals surface area contributed by atoms with Crippen molar-refractivity contribution in [2.45, 2.75) is 36.1 Å². The van der Waals surface area contributed by atoms with Crippen molar-refractivity contribution in [2.75, 3.05) is 12.4 Å². The van der Waals surface area contributed by atoms with Crippen LogP contribution in [0.5, 0.6) is 5.75 Å². The van der Waals surface area contributed by atoms with Crippen LogP contribution in [0.15, 0.2) is 23.4 Å². The summed E-state index contributed by atoms with van der Waals surface area (Å²) >= 11 is 7.28. The first kappa shape index (κ1) is 16.1. The predicted octanol–water partition coefficient (Wildman–Crippen LogP) is 3.46. The van der Waals surface area contributed by atoms with Gasteiger partial charge in [-0.3, -0.25) is 9.89 Å². The molecule has 3 rings (SSSR count). The Morgan fingerprint density at radius 2 is 2.30 bits per heavy atom. The van der Waals surface area contributed by atoms with E-state index >= 15 is 0 Å². The number of anilines is 1. The highest BCUT2D eigenvalue weighted by atomic mass is 35.5. The molecule has 0 aliphatic heterocycles. The van der Waals surface area contributed by atoms with E-state index in [9.17, 15) is 4.79 Å². The zero-order chi connectivity index (χ0) is 16.4. The van der Waals surface area contributed by atoms with Gasteiger partial charge in [0.15, 0.2) is 0 Å². The molecule has 1 amide bonds. The fourth-order valence-corrected chi connectivity index (χ4v) is 2.98. The van der Waals surface area contributed by atoms with Gasteiger partial charge < -0.3 is 10.1 Å². The van der Waals surface area contributed by atoms with Crippen molar-refractivity contribution in [3.8, 4) is 5.75 Å². The number of nitrogens with zero attached hydrogens (tertiary/aromatic N) is 2. The van der Waals surface area contributed by atoms with E-state index in [1.807, 2.05) is 6.92 Å². The summed E-state index contributed by atoms with van der Waals surface area (Å²) in [6, 6.07) is 5.09. The van der Waals surface area contributed by atoms with E-state index in [1.165, 1.54) is 11.8 Å². The van der Waals surface area contributed by atoms with Gasteiger partial charge in [-0.15, -0.1) is 5.10 Å². The van der Waals surface area contributed by atoms with Crippen molar-refractivity contribution < 1.29 is 9.53 Å². The molecule has 1 aromatic heterocycles. The van der Waals surface area contributed by atoms with Crippen LogP contribution in [0.1, 0.15) is 31.5 Å². The molecule has 1 aliphatic carbocycles. The maximum Gasteiger partial charge on any atom is 0.237 e. The third-order valence-corrected chi connectivity index (χ3v) is 4.71. The number of amides is 1. The second-order valence-electron chi connectivity index (χ2n) is 5.37. The molecule has 1 atom stereocenters. The van der Waals surface area contributed by atoms with E-state index < -0.39 is 0 Å². The highest BCUT2D eigenvalue weighted by molar-refractivity contribution is 8.00. The smallest absolute Gasteiger partial charge is 0.237 e. The van der Waals surface area contributed by atoms with Crippen LogP contribution in [0.3, 0.4) is 0 Å². The van der Waals surface area contributed by atoms with E-state index in [4.69, 9.17) is 16.3 Å². The molecule has 2 N–H and O–H groups in total. The van der Waals surface area contributed by atoms with Crippen molar-refractivity contribution in [3.05, 3.63) is 29.0 Å². The van der Waals surface area contributed by atoms with Gasteiger partial charge in [-0.25, -0.2) is 4.98 Å². The third-order valence-electron chi connectivity index (χ3n) is 3.52. The van der Waals surface area contributed by atoms with Crippen molar-refractivity contribution in [3.63, 3.8) is 0 Å². The van der Waals surface area contributed by atoms with Gasteiger partial charge in [0, 0.05) is 10.9 Å². The molecule has 8 heteroatoms. The van der Waals surface area contributed by atoms with Gasteiger partial charge >= 0.3 is 0 Å². The van der Waals surface area contributed by atoms with Gasteiger partial charge in [-0.1, -0.05) is 23.4 Å². The van der Waals surface area contributed by atoms with Crippen LogP contribution in [0.2, 0.25) is 5.02 Å². The number of rotatable bonds is 6. The number of aromatic amines is 1. The van der Waals surface area contributed by atoms with Crippen LogP contribution in [0, 0.1) is 0 Å². The minimum Gasteiger partial charge on any atom is -0.495 e. The van der Waals surface area contributed by atoms with Gasteiger partial charge in [0.05, 0.1) is 18.0 Å². The molecule has 1 unspecified atom stereocenters. The molecule has 1 aliphatic rings. The van der Waals surface area contributed by atoms with Crippen molar-refractivity contribution in [2.24, 2.45) is 0 Å². The van der Waals surface area contributed by atoms with Gasteiger partial charge in [0.25, 0.3) is 0 Å². The normalized spacial score (nSPS) is 15.3. The summed E-state index contributed by atoms with van der Waals surface area (Å²) in [4.78, 5) is 16.8. The highest BCUT2D eigenvalue weighted by Gasteiger charge is 2.28. The zero-order valence-electron chi connectivity index (χ0n) is 12.8. The number of thioether (sulfide) groups is 1. The molecule has 0 saturated heterocycles. The summed E-state index contributed by atoms with van der Waals surface area (Å²) in [5.74, 6) is 1.83. The standard InChI is InChI=1S/C15H17ClN4O2S/c1-8(23-15-18-13(19-20-15)9-3-4-9)14(21)17-11-7-10(16)5-6-12(11)22-2/h5-9H,3-4H2,1-2H3,(H,17,21)(H,18,19,20). The number of aromatic nitrogens is 3. The lowest BCUT2D eigenvalue weighted by molar-refractivity contribution is -0.115. The number of H-pyrrole nitrogens is 1. The Labute approximate surface area is 143 Å². The average Bonchev–Trinajstić information content (AvgIpc) is 3.28. The number of halogens is 1. The molecule has 1 heterocycles. The first-order valence-electron chi connectivity index (χ1n) is 7.30. The number of carbonyl (C=O) groups is 1. The third kappa shape index (κ3) is 3.97. The Morgan fingerprint density at radius 3 is 3.00 bits per heavy atom. The van der Waals surface area contributed by atoms with E-state index in [0.29, 0.717) is 27.5 Å². The second kappa shape index (κ2) is 6.80. The summed E-state index contributed by atoms with van der Waals surface area (Å²) in [6.07, 6.45) is 2.31. The largest absolute Gasteiger partial charge is 0.495 e. The lowest BCUT2D eigenvalue weighted by Crippen LogP contribution is -2.22. The monoisotopic (exact) mass is 352 g/mol. The van der Waals surface area contributed by atoms with Crippen LogP contribution in [-0.2, 0) is 4.79 Å². The fourth-order valence-electron chi connectivity index (χ4n) is 2.07. The number of nitrogens with one attached hydrogen (secondary N) is 2. The number of methoxy groups -OCH3 is 1. The van der Waals surface area contributed by atoms with Crippen LogP contribution in [0.25, 0.3) is 0 Å². The van der Waals surface area contributed by atoms with E-state index in [2.05, 4.69) is 20.5 Å². The SMILES string of the molecule is COc1ccc(Cl)cc1NC(=O)C(C)Sc1n[nH]c(C2CC2)n1. The Balaban J connectivity index is 1.63. The first-order valence-corrected chi connectivity index (χ1v) is 8.56. The summed E-state index contributed by atoms with van der Waals surface area (Å²) in [6.45, 7) is 1.81. The molecule has 122 valence electrons. The first-order chi connectivity index (χ1) is 11.1. The number of carbonyl (C=O) groups excluding carboxylic acids is 1. The van der Waals surface area contributed by atoms with Crippen LogP contribution in [0.4, 0.5) is 5.69 Å². The zero-order valence-corrected chi connectivity index (χ0v) is 14.4. The number of hydrogen-bond donors (Lipinski definition) is 2. The molecular formula is C15H17ClN4O2S. The summed E-state index contributed by atoms with van der Waals surface area (Å²) in [7, 11) is 1.55. The van der Waals surface area contributed by atoms with Crippen LogP contribution in [-0.4, -0.2) is 33.4 Å². The molecule has 1 aromatic carbocycles. The van der Waals surface area contributed by atoms with Crippen LogP contribution < -0.4 is 10.1 Å². The van der Waals surface area contributed by atoms with Gasteiger partial charge in [0.2, 0.25) is 11.1 Å². The number of hydrogen-bond acceptors (Lipinski definition) is 5. The lowest BCUT2D eigenvalue weighted by Gasteiger charge is -2.13. The summed E-state index contributed by atoms with van der Waals surface area (Å²) in [5.41, 5.74) is 0.547. The quantitative estimate of drug-likeness (QED) is 0.778. The molecule has 1 fully saturated rings.